The second-order valence-corrected chi connectivity index (χ2v) is 5.93. The molecule has 0 aliphatic heterocycles. The summed E-state index contributed by atoms with van der Waals surface area (Å²) >= 11 is 1.23. The van der Waals surface area contributed by atoms with Crippen LogP contribution in [0.3, 0.4) is 0 Å². The van der Waals surface area contributed by atoms with Gasteiger partial charge in [0.05, 0.1) is 24.7 Å². The predicted octanol–water partition coefficient (Wildman–Crippen LogP) is 2.85. The number of aromatic nitrogens is 4. The van der Waals surface area contributed by atoms with Crippen LogP contribution in [0.15, 0.2) is 41.7 Å². The molecule has 3 aromatic rings. The van der Waals surface area contributed by atoms with Crippen molar-refractivity contribution in [2.45, 2.75) is 19.0 Å². The lowest BCUT2D eigenvalue weighted by molar-refractivity contribution is -0.139. The Bertz CT molecular complexity index is 864. The second kappa shape index (κ2) is 7.98. The molecule has 25 heavy (non-hydrogen) atoms. The summed E-state index contributed by atoms with van der Waals surface area (Å²) in [5.41, 5.74) is 1.84. The molecular weight excluding hydrogens is 340 g/mol. The molecule has 0 saturated heterocycles. The van der Waals surface area contributed by atoms with Crippen LogP contribution in [0.1, 0.15) is 13.8 Å². The van der Waals surface area contributed by atoms with Crippen molar-refractivity contribution in [3.63, 3.8) is 0 Å². The van der Waals surface area contributed by atoms with Crippen LogP contribution in [0.5, 0.6) is 5.75 Å². The Kier molecular flexibility index (Phi) is 5.49. The maximum absolute atomic E-state index is 11.5. The summed E-state index contributed by atoms with van der Waals surface area (Å²) in [7, 11) is 0. The zero-order valence-corrected chi connectivity index (χ0v) is 14.8. The van der Waals surface area contributed by atoms with Gasteiger partial charge in [-0.2, -0.15) is 9.50 Å². The smallest absolute Gasteiger partial charge is 0.316 e. The Hall–Kier alpha value is -2.61. The third kappa shape index (κ3) is 4.08. The Morgan fingerprint density at radius 3 is 2.68 bits per heavy atom. The van der Waals surface area contributed by atoms with Crippen molar-refractivity contribution in [1.82, 2.24) is 19.6 Å². The fraction of sp³-hybridized carbons (Fsp3) is 0.294. The molecular formula is C17H18N4O3S. The molecule has 0 bridgehead atoms. The average molecular weight is 358 g/mol. The first-order valence-electron chi connectivity index (χ1n) is 7.94. The van der Waals surface area contributed by atoms with Gasteiger partial charge in [0.25, 0.3) is 5.78 Å². The molecule has 0 unspecified atom stereocenters. The zero-order chi connectivity index (χ0) is 17.6. The van der Waals surface area contributed by atoms with Gasteiger partial charge < -0.3 is 9.47 Å². The molecule has 0 atom stereocenters. The highest BCUT2D eigenvalue weighted by atomic mass is 32.2. The first kappa shape index (κ1) is 17.2. The van der Waals surface area contributed by atoms with E-state index in [1.807, 2.05) is 37.3 Å². The Morgan fingerprint density at radius 2 is 1.96 bits per heavy atom. The monoisotopic (exact) mass is 358 g/mol. The number of rotatable bonds is 7. The standard InChI is InChI=1S/C17H18N4O3S/c1-3-23-13-7-5-12(6-8-13)14-9-10-18-16-19-17(20-21(14)16)25-11-15(22)24-4-2/h5-10H,3-4,11H2,1-2H3. The quantitative estimate of drug-likeness (QED) is 0.475. The second-order valence-electron chi connectivity index (χ2n) is 4.99. The summed E-state index contributed by atoms with van der Waals surface area (Å²) in [4.78, 5) is 20.1. The highest BCUT2D eigenvalue weighted by Crippen LogP contribution is 2.23. The molecule has 0 spiro atoms. The van der Waals surface area contributed by atoms with Crippen molar-refractivity contribution in [1.29, 1.82) is 0 Å². The maximum Gasteiger partial charge on any atom is 0.316 e. The van der Waals surface area contributed by atoms with Crippen molar-refractivity contribution in [2.24, 2.45) is 0 Å². The molecule has 0 fully saturated rings. The molecule has 0 amide bonds. The number of benzene rings is 1. The lowest BCUT2D eigenvalue weighted by Crippen LogP contribution is -2.06. The van der Waals surface area contributed by atoms with Gasteiger partial charge in [0.2, 0.25) is 5.16 Å². The summed E-state index contributed by atoms with van der Waals surface area (Å²) in [5.74, 6) is 1.19. The number of hydrogen-bond acceptors (Lipinski definition) is 7. The molecule has 0 radical (unpaired) electrons. The van der Waals surface area contributed by atoms with E-state index in [2.05, 4.69) is 15.1 Å². The first-order chi connectivity index (χ1) is 12.2. The molecule has 0 aliphatic rings. The Balaban J connectivity index is 1.85. The van der Waals surface area contributed by atoms with Crippen LogP contribution in [-0.4, -0.2) is 44.5 Å². The van der Waals surface area contributed by atoms with E-state index in [0.29, 0.717) is 24.1 Å². The normalized spacial score (nSPS) is 10.8. The van der Waals surface area contributed by atoms with Gasteiger partial charge in [-0.05, 0) is 44.2 Å². The van der Waals surface area contributed by atoms with E-state index in [1.54, 1.807) is 17.6 Å². The lowest BCUT2D eigenvalue weighted by atomic mass is 10.1. The lowest BCUT2D eigenvalue weighted by Gasteiger charge is -2.06. The third-order valence-electron chi connectivity index (χ3n) is 3.31. The van der Waals surface area contributed by atoms with Crippen LogP contribution >= 0.6 is 11.8 Å². The topological polar surface area (TPSA) is 78.6 Å². The number of esters is 1. The van der Waals surface area contributed by atoms with Crippen LogP contribution in [0.4, 0.5) is 0 Å². The number of ether oxygens (including phenoxy) is 2. The van der Waals surface area contributed by atoms with Crippen molar-refractivity contribution in [3.8, 4) is 17.0 Å². The molecule has 7 nitrogen and oxygen atoms in total. The van der Waals surface area contributed by atoms with Gasteiger partial charge in [0.1, 0.15) is 5.75 Å². The summed E-state index contributed by atoms with van der Waals surface area (Å²) in [6.07, 6.45) is 1.69. The fourth-order valence-corrected chi connectivity index (χ4v) is 2.89. The number of thioether (sulfide) groups is 1. The number of nitrogens with zero attached hydrogens (tertiary/aromatic N) is 4. The van der Waals surface area contributed by atoms with Crippen molar-refractivity contribution in [2.75, 3.05) is 19.0 Å². The van der Waals surface area contributed by atoms with E-state index in [0.717, 1.165) is 17.0 Å². The fourth-order valence-electron chi connectivity index (χ4n) is 2.27. The van der Waals surface area contributed by atoms with E-state index in [4.69, 9.17) is 9.47 Å². The number of fused-ring (bicyclic) bond motifs is 1. The largest absolute Gasteiger partial charge is 0.494 e. The van der Waals surface area contributed by atoms with E-state index in [1.165, 1.54) is 11.8 Å². The van der Waals surface area contributed by atoms with Gasteiger partial charge in [0.15, 0.2) is 0 Å². The molecule has 3 rings (SSSR count). The molecule has 2 heterocycles. The van der Waals surface area contributed by atoms with E-state index in [9.17, 15) is 4.79 Å². The highest BCUT2D eigenvalue weighted by Gasteiger charge is 2.12. The van der Waals surface area contributed by atoms with Gasteiger partial charge in [-0.3, -0.25) is 4.79 Å². The van der Waals surface area contributed by atoms with E-state index < -0.39 is 0 Å². The zero-order valence-electron chi connectivity index (χ0n) is 14.0. The van der Waals surface area contributed by atoms with Gasteiger partial charge >= 0.3 is 5.97 Å². The predicted molar refractivity (Wildman–Crippen MR) is 94.7 cm³/mol. The summed E-state index contributed by atoms with van der Waals surface area (Å²) in [6.45, 7) is 4.72. The van der Waals surface area contributed by atoms with E-state index in [-0.39, 0.29) is 11.7 Å². The Morgan fingerprint density at radius 1 is 1.16 bits per heavy atom. The third-order valence-corrected chi connectivity index (χ3v) is 4.12. The van der Waals surface area contributed by atoms with Crippen LogP contribution in [-0.2, 0) is 9.53 Å². The number of carbonyl (C=O) groups excluding carboxylic acids is 1. The maximum atomic E-state index is 11.5. The minimum Gasteiger partial charge on any atom is -0.494 e. The first-order valence-corrected chi connectivity index (χ1v) is 8.93. The summed E-state index contributed by atoms with van der Waals surface area (Å²) in [5, 5.41) is 4.93. The van der Waals surface area contributed by atoms with Crippen LogP contribution in [0.25, 0.3) is 17.0 Å². The molecule has 2 aromatic heterocycles. The molecule has 0 N–H and O–H groups in total. The highest BCUT2D eigenvalue weighted by molar-refractivity contribution is 7.99. The molecule has 130 valence electrons. The van der Waals surface area contributed by atoms with Crippen LogP contribution in [0, 0.1) is 0 Å². The Labute approximate surface area is 149 Å². The van der Waals surface area contributed by atoms with Crippen molar-refractivity contribution < 1.29 is 14.3 Å². The van der Waals surface area contributed by atoms with Gasteiger partial charge in [-0.1, -0.05) is 11.8 Å². The molecule has 0 saturated carbocycles. The van der Waals surface area contributed by atoms with E-state index >= 15 is 0 Å². The summed E-state index contributed by atoms with van der Waals surface area (Å²) < 4.78 is 12.1. The van der Waals surface area contributed by atoms with Gasteiger partial charge in [-0.15, -0.1) is 5.10 Å². The SMILES string of the molecule is CCOC(=O)CSc1nc2nccc(-c3ccc(OCC)cc3)n2n1. The molecule has 1 aromatic carbocycles. The molecule has 0 aliphatic carbocycles. The number of carbonyl (C=O) groups is 1. The van der Waals surface area contributed by atoms with Crippen molar-refractivity contribution >= 4 is 23.5 Å². The summed E-state index contributed by atoms with van der Waals surface area (Å²) in [6, 6.07) is 9.63. The minimum atomic E-state index is -0.286. The minimum absolute atomic E-state index is 0.170. The average Bonchev–Trinajstić information content (AvgIpc) is 3.04. The van der Waals surface area contributed by atoms with Crippen molar-refractivity contribution in [3.05, 3.63) is 36.5 Å². The van der Waals surface area contributed by atoms with Crippen LogP contribution in [0.2, 0.25) is 0 Å². The van der Waals surface area contributed by atoms with Crippen LogP contribution < -0.4 is 4.74 Å². The number of hydrogen-bond donors (Lipinski definition) is 0. The molecule has 8 heteroatoms. The van der Waals surface area contributed by atoms with Gasteiger partial charge in [-0.25, -0.2) is 4.98 Å². The van der Waals surface area contributed by atoms with Gasteiger partial charge in [0, 0.05) is 11.8 Å².